The van der Waals surface area contributed by atoms with Crippen LogP contribution in [-0.2, 0) is 39.9 Å². The normalized spacial score (nSPS) is 18.3. The largest absolute Gasteiger partial charge is 0.334 e. The first-order valence-corrected chi connectivity index (χ1v) is 29.0. The molecule has 4 heteroatoms. The molecule has 13 rings (SSSR count). The van der Waals surface area contributed by atoms with Gasteiger partial charge in [-0.25, -0.2) is 0 Å². The van der Waals surface area contributed by atoms with Crippen molar-refractivity contribution in [2.24, 2.45) is 0 Å². The number of anilines is 8. The number of nitrogens with zero attached hydrogens (tertiary/aromatic N) is 3. The van der Waals surface area contributed by atoms with Gasteiger partial charge in [0.15, 0.2) is 0 Å². The molecule has 79 heavy (non-hydrogen) atoms. The lowest BCUT2D eigenvalue weighted by atomic mass is 9.33. The lowest BCUT2D eigenvalue weighted by Crippen LogP contribution is -2.62. The zero-order valence-corrected chi connectivity index (χ0v) is 48.9. The predicted octanol–water partition coefficient (Wildman–Crippen LogP) is 17.6. The molecular formula is C75H76BN3. The van der Waals surface area contributed by atoms with Gasteiger partial charge in [0.25, 0.3) is 6.71 Å². The zero-order valence-electron chi connectivity index (χ0n) is 48.9. The Bertz CT molecular complexity index is 3880. The Morgan fingerprint density at radius 3 is 1.59 bits per heavy atom. The van der Waals surface area contributed by atoms with Crippen molar-refractivity contribution in [1.29, 1.82) is 0 Å². The minimum absolute atomic E-state index is 0.0564. The average molecular weight is 1030 g/mol. The van der Waals surface area contributed by atoms with Gasteiger partial charge in [-0.2, -0.15) is 0 Å². The van der Waals surface area contributed by atoms with Crippen LogP contribution < -0.4 is 31.1 Å². The Hall–Kier alpha value is -7.56. The van der Waals surface area contributed by atoms with E-state index in [1.807, 2.05) is 0 Å². The van der Waals surface area contributed by atoms with Gasteiger partial charge in [0.1, 0.15) is 0 Å². The number of fused-ring (bicyclic) bond motifs is 8. The molecule has 0 amide bonds. The maximum Gasteiger partial charge on any atom is 0.252 e. The van der Waals surface area contributed by atoms with Crippen LogP contribution in [0.5, 0.6) is 0 Å². The van der Waals surface area contributed by atoms with Crippen LogP contribution in [0.2, 0.25) is 0 Å². The van der Waals surface area contributed by atoms with E-state index in [0.717, 1.165) is 12.8 Å². The number of para-hydroxylation sites is 1. The fraction of sp³-hybridized carbons (Fsp3) is 0.280. The molecule has 9 aromatic carbocycles. The summed E-state index contributed by atoms with van der Waals surface area (Å²) >= 11 is 0. The van der Waals surface area contributed by atoms with Crippen molar-refractivity contribution >= 4 is 68.6 Å². The lowest BCUT2D eigenvalue weighted by Gasteiger charge is -2.53. The van der Waals surface area contributed by atoms with E-state index in [0.29, 0.717) is 0 Å². The van der Waals surface area contributed by atoms with E-state index in [1.165, 1.54) is 118 Å². The third kappa shape index (κ3) is 7.90. The molecule has 1 aliphatic carbocycles. The predicted molar refractivity (Wildman–Crippen MR) is 339 cm³/mol. The molecule has 2 unspecified atom stereocenters. The summed E-state index contributed by atoms with van der Waals surface area (Å²) in [6.45, 7) is 30.7. The minimum atomic E-state index is -0.418. The van der Waals surface area contributed by atoms with Crippen molar-refractivity contribution in [3.05, 3.63) is 245 Å². The molecule has 0 aromatic heterocycles. The van der Waals surface area contributed by atoms with E-state index in [1.54, 1.807) is 0 Å². The van der Waals surface area contributed by atoms with Gasteiger partial charge in [0.2, 0.25) is 0 Å². The summed E-state index contributed by atoms with van der Waals surface area (Å²) in [4.78, 5) is 8.15. The second-order valence-corrected chi connectivity index (χ2v) is 27.7. The molecule has 3 aliphatic heterocycles. The molecule has 394 valence electrons. The summed E-state index contributed by atoms with van der Waals surface area (Å²) in [5.74, 6) is 0. The Morgan fingerprint density at radius 2 is 0.924 bits per heavy atom. The molecular weight excluding hydrogens is 954 g/mol. The van der Waals surface area contributed by atoms with Crippen molar-refractivity contribution in [3.63, 3.8) is 0 Å². The summed E-state index contributed by atoms with van der Waals surface area (Å²) in [6.07, 6.45) is 1.79. The maximum atomic E-state index is 2.80. The van der Waals surface area contributed by atoms with Gasteiger partial charge >= 0.3 is 0 Å². The molecule has 9 aromatic rings. The van der Waals surface area contributed by atoms with Crippen LogP contribution in [0.15, 0.2) is 200 Å². The summed E-state index contributed by atoms with van der Waals surface area (Å²) in [7, 11) is 0. The first kappa shape index (κ1) is 50.9. The summed E-state index contributed by atoms with van der Waals surface area (Å²) in [5.41, 5.74) is 26.0. The fourth-order valence-electron chi connectivity index (χ4n) is 14.3. The summed E-state index contributed by atoms with van der Waals surface area (Å²) < 4.78 is 0. The Kier molecular flexibility index (Phi) is 11.4. The Balaban J connectivity index is 1.20. The van der Waals surface area contributed by atoms with Crippen LogP contribution in [-0.4, -0.2) is 12.3 Å². The van der Waals surface area contributed by atoms with Crippen LogP contribution >= 0.6 is 0 Å². The molecule has 0 N–H and O–H groups in total. The van der Waals surface area contributed by atoms with Crippen molar-refractivity contribution < 1.29 is 0 Å². The van der Waals surface area contributed by atoms with Crippen LogP contribution in [0.4, 0.5) is 45.5 Å². The van der Waals surface area contributed by atoms with Gasteiger partial charge in [0, 0.05) is 50.8 Å². The molecule has 0 fully saturated rings. The van der Waals surface area contributed by atoms with Crippen molar-refractivity contribution in [3.8, 4) is 11.1 Å². The second-order valence-electron chi connectivity index (χ2n) is 27.7. The van der Waals surface area contributed by atoms with E-state index in [4.69, 9.17) is 0 Å². The molecule has 4 aliphatic rings. The van der Waals surface area contributed by atoms with E-state index < -0.39 is 5.54 Å². The highest BCUT2D eigenvalue weighted by Crippen LogP contribution is 2.63. The third-order valence-corrected chi connectivity index (χ3v) is 18.6. The highest BCUT2D eigenvalue weighted by atomic mass is 15.3. The number of rotatable bonds is 5. The molecule has 2 atom stereocenters. The van der Waals surface area contributed by atoms with Gasteiger partial charge in [-0.15, -0.1) is 0 Å². The maximum absolute atomic E-state index is 2.80. The van der Waals surface area contributed by atoms with Crippen molar-refractivity contribution in [2.45, 2.75) is 135 Å². The number of hydrogen-bond donors (Lipinski definition) is 0. The van der Waals surface area contributed by atoms with Crippen molar-refractivity contribution in [1.82, 2.24) is 0 Å². The fourth-order valence-corrected chi connectivity index (χ4v) is 14.3. The standard InChI is InChI=1S/C75H76BN3/c1-70(2,3)53-31-24-32-57(41-53)77-66-44-56(73(10,11)12)35-38-61(66)76-62-43-55(72(7,8)9)37-40-65(62)78(63-39-36-54(71(4,5)6)42-59(63)49-25-16-14-17-26-49)68-46-58(45-67(77)69(68)76)79-64-34-23-22-33-60(64)75(52-29-18-15-19-30-52)48-51-28-21-20-27-50(51)47-74(75,79)13/h14-46H,47-48H2,1-13H3. The smallest absolute Gasteiger partial charge is 0.252 e. The quantitative estimate of drug-likeness (QED) is 0.159. The van der Waals surface area contributed by atoms with E-state index in [-0.39, 0.29) is 33.8 Å². The molecule has 0 saturated carbocycles. The number of benzene rings is 9. The minimum Gasteiger partial charge on any atom is -0.334 e. The van der Waals surface area contributed by atoms with Crippen LogP contribution in [0.1, 0.15) is 135 Å². The molecule has 3 heterocycles. The second kappa shape index (κ2) is 17.7. The monoisotopic (exact) mass is 1030 g/mol. The molecule has 3 nitrogen and oxygen atoms in total. The third-order valence-electron chi connectivity index (χ3n) is 18.6. The highest BCUT2D eigenvalue weighted by Gasteiger charge is 2.62. The van der Waals surface area contributed by atoms with Gasteiger partial charge < -0.3 is 14.7 Å². The van der Waals surface area contributed by atoms with Crippen molar-refractivity contribution in [2.75, 3.05) is 14.7 Å². The van der Waals surface area contributed by atoms with E-state index in [9.17, 15) is 0 Å². The molecule has 0 saturated heterocycles. The molecule has 0 radical (unpaired) electrons. The Morgan fingerprint density at radius 1 is 0.380 bits per heavy atom. The van der Waals surface area contributed by atoms with Gasteiger partial charge in [-0.3, -0.25) is 0 Å². The topological polar surface area (TPSA) is 9.72 Å². The molecule has 0 bridgehead atoms. The van der Waals surface area contributed by atoms with Gasteiger partial charge in [0.05, 0.1) is 11.2 Å². The SMILES string of the molecule is CC(C)(C)c1cccc(N2c3cc(C(C)(C)C)ccc3B3c4cc(C(C)(C)C)ccc4N(c4ccc(C(C)(C)C)cc4-c4ccccc4)c4cc(N5c6ccccc6C6(c7ccccc7)Cc7ccccc7CC56C)cc2c43)c1. The summed E-state index contributed by atoms with van der Waals surface area (Å²) in [5, 5.41) is 0. The van der Waals surface area contributed by atoms with Gasteiger partial charge in [-0.1, -0.05) is 229 Å². The molecule has 0 spiro atoms. The van der Waals surface area contributed by atoms with Crippen LogP contribution in [0.3, 0.4) is 0 Å². The van der Waals surface area contributed by atoms with Crippen LogP contribution in [0, 0.1) is 0 Å². The summed E-state index contributed by atoms with van der Waals surface area (Å²) in [6, 6.07) is 78.2. The van der Waals surface area contributed by atoms with E-state index >= 15 is 0 Å². The highest BCUT2D eigenvalue weighted by molar-refractivity contribution is 7.00. The average Bonchev–Trinajstić information content (AvgIpc) is 2.36. The lowest BCUT2D eigenvalue weighted by molar-refractivity contribution is 0.281. The zero-order chi connectivity index (χ0) is 55.2. The van der Waals surface area contributed by atoms with E-state index in [2.05, 4.69) is 305 Å². The number of hydrogen-bond acceptors (Lipinski definition) is 3. The Labute approximate surface area is 472 Å². The first-order valence-electron chi connectivity index (χ1n) is 29.0. The first-order chi connectivity index (χ1) is 37.6. The van der Waals surface area contributed by atoms with Crippen LogP contribution in [0.25, 0.3) is 11.1 Å². The van der Waals surface area contributed by atoms with Gasteiger partial charge in [-0.05, 0) is 162 Å².